The summed E-state index contributed by atoms with van der Waals surface area (Å²) in [6.07, 6.45) is 0. The Morgan fingerprint density at radius 2 is 0.754 bits per heavy atom. The Hall–Kier alpha value is -7.83. The van der Waals surface area contributed by atoms with Gasteiger partial charge in [-0.25, -0.2) is 15.0 Å². The van der Waals surface area contributed by atoms with E-state index in [9.17, 15) is 0 Å². The summed E-state index contributed by atoms with van der Waals surface area (Å²) in [5, 5.41) is 7.06. The van der Waals surface area contributed by atoms with Gasteiger partial charge in [0.15, 0.2) is 17.5 Å². The summed E-state index contributed by atoms with van der Waals surface area (Å²) in [5.74, 6) is 1.91. The fourth-order valence-corrected chi connectivity index (χ4v) is 8.69. The summed E-state index contributed by atoms with van der Waals surface area (Å²) < 4.78 is 11.3. The molecule has 6 heteroatoms. The minimum atomic E-state index is 0.628. The molecule has 0 spiro atoms. The lowest BCUT2D eigenvalue weighted by atomic mass is 10.0. The maximum absolute atomic E-state index is 6.48. The number of nitrogens with zero attached hydrogens (tertiary/aromatic N) is 5. The summed E-state index contributed by atoms with van der Waals surface area (Å²) in [6, 6.07) is 65.4. The Labute approximate surface area is 326 Å². The van der Waals surface area contributed by atoms with Crippen LogP contribution in [0.4, 0.5) is 0 Å². The van der Waals surface area contributed by atoms with Gasteiger partial charge in [-0.1, -0.05) is 115 Å². The minimum absolute atomic E-state index is 0.628. The van der Waals surface area contributed by atoms with E-state index in [2.05, 4.69) is 130 Å². The van der Waals surface area contributed by atoms with Gasteiger partial charge in [0, 0.05) is 60.4 Å². The zero-order valence-electron chi connectivity index (χ0n) is 30.5. The van der Waals surface area contributed by atoms with Crippen LogP contribution in [0.25, 0.3) is 111 Å². The summed E-state index contributed by atoms with van der Waals surface area (Å²) in [4.78, 5) is 14.9. The van der Waals surface area contributed by atoms with Crippen molar-refractivity contribution in [2.45, 2.75) is 0 Å². The molecule has 0 fully saturated rings. The molecule has 6 nitrogen and oxygen atoms in total. The predicted molar refractivity (Wildman–Crippen MR) is 232 cm³/mol. The fourth-order valence-electron chi connectivity index (χ4n) is 8.69. The molecule has 0 radical (unpaired) electrons. The van der Waals surface area contributed by atoms with Crippen molar-refractivity contribution in [1.29, 1.82) is 0 Å². The summed E-state index contributed by atoms with van der Waals surface area (Å²) in [5.41, 5.74) is 11.3. The highest BCUT2D eigenvalue weighted by Gasteiger charge is 2.24. The van der Waals surface area contributed by atoms with Crippen molar-refractivity contribution >= 4 is 65.6 Å². The number of benzene rings is 8. The van der Waals surface area contributed by atoms with Gasteiger partial charge in [0.25, 0.3) is 0 Å². The van der Waals surface area contributed by atoms with Crippen LogP contribution in [0.5, 0.6) is 0 Å². The molecule has 0 saturated heterocycles. The van der Waals surface area contributed by atoms with Gasteiger partial charge < -0.3 is 13.6 Å². The van der Waals surface area contributed by atoms with Gasteiger partial charge in [0.1, 0.15) is 11.2 Å². The largest absolute Gasteiger partial charge is 0.456 e. The van der Waals surface area contributed by atoms with Crippen molar-refractivity contribution in [3.8, 4) is 45.5 Å². The van der Waals surface area contributed by atoms with Crippen LogP contribution in [0.2, 0.25) is 0 Å². The van der Waals surface area contributed by atoms with Gasteiger partial charge in [-0.2, -0.15) is 0 Å². The minimum Gasteiger partial charge on any atom is -0.456 e. The maximum atomic E-state index is 6.48. The molecule has 8 aromatic carbocycles. The monoisotopic (exact) mass is 729 g/mol. The molecule has 4 aromatic heterocycles. The molecule has 12 aromatic rings. The normalized spacial score (nSPS) is 11.9. The maximum Gasteiger partial charge on any atom is 0.164 e. The van der Waals surface area contributed by atoms with E-state index in [-0.39, 0.29) is 0 Å². The molecule has 0 saturated carbocycles. The third kappa shape index (κ3) is 4.81. The van der Waals surface area contributed by atoms with E-state index in [0.29, 0.717) is 17.5 Å². The first-order valence-corrected chi connectivity index (χ1v) is 19.1. The second-order valence-electron chi connectivity index (χ2n) is 14.4. The second-order valence-corrected chi connectivity index (χ2v) is 14.4. The molecule has 0 amide bonds. The number of aromatic nitrogens is 5. The van der Waals surface area contributed by atoms with Crippen molar-refractivity contribution < 1.29 is 4.42 Å². The van der Waals surface area contributed by atoms with Crippen LogP contribution in [-0.4, -0.2) is 24.1 Å². The molecule has 0 aliphatic heterocycles. The van der Waals surface area contributed by atoms with Gasteiger partial charge in [-0.3, -0.25) is 0 Å². The smallest absolute Gasteiger partial charge is 0.164 e. The number of fused-ring (bicyclic) bond motifs is 11. The molecule has 12 rings (SSSR count). The molecule has 0 N–H and O–H groups in total. The summed E-state index contributed by atoms with van der Waals surface area (Å²) in [7, 11) is 0. The molecule has 266 valence electrons. The molecular formula is C51H31N5O. The molecule has 4 heterocycles. The predicted octanol–water partition coefficient (Wildman–Crippen LogP) is 13.0. The zero-order valence-corrected chi connectivity index (χ0v) is 30.5. The first-order chi connectivity index (χ1) is 28.3. The van der Waals surface area contributed by atoms with E-state index in [1.165, 1.54) is 21.5 Å². The van der Waals surface area contributed by atoms with Gasteiger partial charge in [-0.05, 0) is 72.8 Å². The van der Waals surface area contributed by atoms with Crippen molar-refractivity contribution in [1.82, 2.24) is 24.1 Å². The number of hydrogen-bond donors (Lipinski definition) is 0. The molecule has 0 atom stereocenters. The highest BCUT2D eigenvalue weighted by Crippen LogP contribution is 2.46. The molecule has 0 bridgehead atoms. The van der Waals surface area contributed by atoms with Crippen LogP contribution in [0.1, 0.15) is 0 Å². The SMILES string of the molecule is c1ccc(-c2nc(-c3ccccc3)nc(-c3ccc(-n4c5ccccc5c5c6c7c8c(ccc7n(-c7ccccc7)c6ccc54)oc4ccccc48)cc3)n2)cc1. The van der Waals surface area contributed by atoms with E-state index in [1.807, 2.05) is 66.7 Å². The zero-order chi connectivity index (χ0) is 37.5. The number of rotatable bonds is 5. The lowest BCUT2D eigenvalue weighted by Gasteiger charge is -2.11. The highest BCUT2D eigenvalue weighted by atomic mass is 16.3. The molecule has 0 unspecified atom stereocenters. The first-order valence-electron chi connectivity index (χ1n) is 19.1. The molecule has 0 aliphatic carbocycles. The fraction of sp³-hybridized carbons (Fsp3) is 0. The van der Waals surface area contributed by atoms with Crippen molar-refractivity contribution in [3.63, 3.8) is 0 Å². The Balaban J connectivity index is 1.10. The summed E-state index contributed by atoms with van der Waals surface area (Å²) in [6.45, 7) is 0. The van der Waals surface area contributed by atoms with Crippen molar-refractivity contribution in [2.75, 3.05) is 0 Å². The van der Waals surface area contributed by atoms with Gasteiger partial charge in [0.05, 0.1) is 22.1 Å². The second kappa shape index (κ2) is 12.3. The Morgan fingerprint density at radius 3 is 1.40 bits per heavy atom. The molecule has 57 heavy (non-hydrogen) atoms. The number of hydrogen-bond acceptors (Lipinski definition) is 4. The van der Waals surface area contributed by atoms with Crippen LogP contribution in [-0.2, 0) is 0 Å². The lowest BCUT2D eigenvalue weighted by molar-refractivity contribution is 0.669. The number of furan rings is 1. The standard InChI is InChI=1S/C51H31N5O/c1-4-14-32(15-5-1)49-52-50(33-16-6-2-7-17-33)54-51(53-49)34-24-26-36(27-25-34)55-39-22-12-10-20-37(39)45-40(55)28-29-41-47(45)48-42(56(41)35-18-8-3-9-19-35)30-31-44-46(48)38-21-11-13-23-43(38)57-44/h1-31H. The van der Waals surface area contributed by atoms with E-state index >= 15 is 0 Å². The highest BCUT2D eigenvalue weighted by molar-refractivity contribution is 6.35. The first kappa shape index (κ1) is 31.5. The molecular weight excluding hydrogens is 699 g/mol. The third-order valence-electron chi connectivity index (χ3n) is 11.2. The van der Waals surface area contributed by atoms with Crippen molar-refractivity contribution in [3.05, 3.63) is 188 Å². The average Bonchev–Trinajstić information content (AvgIpc) is 3.95. The van der Waals surface area contributed by atoms with E-state index in [1.54, 1.807) is 0 Å². The van der Waals surface area contributed by atoms with Crippen molar-refractivity contribution in [2.24, 2.45) is 0 Å². The number of para-hydroxylation sites is 3. The topological polar surface area (TPSA) is 61.7 Å². The average molecular weight is 730 g/mol. The van der Waals surface area contributed by atoms with Gasteiger partial charge in [0.2, 0.25) is 0 Å². The van der Waals surface area contributed by atoms with Crippen LogP contribution in [0.15, 0.2) is 192 Å². The van der Waals surface area contributed by atoms with Crippen LogP contribution < -0.4 is 0 Å². The summed E-state index contributed by atoms with van der Waals surface area (Å²) >= 11 is 0. The van der Waals surface area contributed by atoms with Crippen LogP contribution >= 0.6 is 0 Å². The Bertz CT molecular complexity index is 3430. The van der Waals surface area contributed by atoms with E-state index < -0.39 is 0 Å². The van der Waals surface area contributed by atoms with E-state index in [0.717, 1.165) is 72.1 Å². The third-order valence-corrected chi connectivity index (χ3v) is 11.2. The molecule has 0 aliphatic rings. The van der Waals surface area contributed by atoms with Crippen LogP contribution in [0.3, 0.4) is 0 Å². The Morgan fingerprint density at radius 1 is 0.298 bits per heavy atom. The van der Waals surface area contributed by atoms with Crippen LogP contribution in [0, 0.1) is 0 Å². The lowest BCUT2D eigenvalue weighted by Crippen LogP contribution is -2.00. The van der Waals surface area contributed by atoms with E-state index in [4.69, 9.17) is 19.4 Å². The quantitative estimate of drug-likeness (QED) is 0.177. The van der Waals surface area contributed by atoms with Gasteiger partial charge in [-0.15, -0.1) is 0 Å². The Kier molecular flexibility index (Phi) is 6.83. The van der Waals surface area contributed by atoms with Gasteiger partial charge >= 0.3 is 0 Å².